The summed E-state index contributed by atoms with van der Waals surface area (Å²) in [6, 6.07) is 3.02. The van der Waals surface area contributed by atoms with Crippen molar-refractivity contribution in [2.24, 2.45) is 10.9 Å². The fraction of sp³-hybridized carbons (Fsp3) is 0.533. The van der Waals surface area contributed by atoms with Crippen molar-refractivity contribution in [1.82, 2.24) is 5.32 Å². The molecule has 1 aliphatic rings. The topological polar surface area (TPSA) is 115 Å². The molecule has 1 fully saturated rings. The minimum Gasteiger partial charge on any atom is -0.345 e. The molecule has 5 N–H and O–H groups in total. The predicted molar refractivity (Wildman–Crippen MR) is 85.0 cm³/mol. The molecular weight excluding hydrogens is 302 g/mol. The summed E-state index contributed by atoms with van der Waals surface area (Å²) < 4.78 is 23.3. The van der Waals surface area contributed by atoms with Crippen molar-refractivity contribution >= 4 is 15.9 Å². The van der Waals surface area contributed by atoms with Crippen LogP contribution in [0.5, 0.6) is 0 Å². The zero-order chi connectivity index (χ0) is 16.5. The number of rotatable bonds is 4. The normalized spacial score (nSPS) is 17.5. The van der Waals surface area contributed by atoms with E-state index in [4.69, 9.17) is 10.9 Å². The average Bonchev–Trinajstić information content (AvgIpc) is 2.89. The Labute approximate surface area is 131 Å². The van der Waals surface area contributed by atoms with Gasteiger partial charge in [0.05, 0.1) is 10.4 Å². The molecule has 0 aliphatic heterocycles. The van der Waals surface area contributed by atoms with E-state index >= 15 is 0 Å². The van der Waals surface area contributed by atoms with E-state index in [1.807, 2.05) is 0 Å². The van der Waals surface area contributed by atoms with Gasteiger partial charge in [-0.1, -0.05) is 12.8 Å². The Morgan fingerprint density at radius 2 is 1.86 bits per heavy atom. The lowest BCUT2D eigenvalue weighted by atomic mass is 9.96. The molecule has 122 valence electrons. The van der Waals surface area contributed by atoms with Crippen LogP contribution in [0.15, 0.2) is 17.0 Å². The molecule has 22 heavy (non-hydrogen) atoms. The molecule has 0 heterocycles. The molecule has 0 aromatic heterocycles. The third kappa shape index (κ3) is 3.31. The Balaban J connectivity index is 2.36. The monoisotopic (exact) mass is 325 g/mol. The second-order valence-electron chi connectivity index (χ2n) is 6.11. The summed E-state index contributed by atoms with van der Waals surface area (Å²) in [5, 5.41) is 8.22. The first-order valence-electron chi connectivity index (χ1n) is 7.35. The van der Waals surface area contributed by atoms with Crippen molar-refractivity contribution < 1.29 is 13.2 Å². The summed E-state index contributed by atoms with van der Waals surface area (Å²) in [6.45, 7) is 3.82. The van der Waals surface area contributed by atoms with Crippen LogP contribution >= 0.6 is 0 Å². The van der Waals surface area contributed by atoms with Gasteiger partial charge in [0.15, 0.2) is 0 Å². The number of benzene rings is 1. The van der Waals surface area contributed by atoms with Gasteiger partial charge in [-0.25, -0.2) is 13.6 Å². The maximum absolute atomic E-state index is 12.5. The first kappa shape index (κ1) is 16.9. The van der Waals surface area contributed by atoms with Crippen LogP contribution in [0.1, 0.15) is 47.2 Å². The van der Waals surface area contributed by atoms with Crippen LogP contribution in [0, 0.1) is 13.8 Å². The summed E-state index contributed by atoms with van der Waals surface area (Å²) in [6.07, 6.45) is 3.77. The highest BCUT2D eigenvalue weighted by Gasteiger charge is 2.34. The van der Waals surface area contributed by atoms with Crippen LogP contribution in [0.25, 0.3) is 0 Å². The lowest BCUT2D eigenvalue weighted by Crippen LogP contribution is -2.51. The van der Waals surface area contributed by atoms with Gasteiger partial charge in [0.2, 0.25) is 10.0 Å². The van der Waals surface area contributed by atoms with E-state index in [1.165, 1.54) is 6.07 Å². The van der Waals surface area contributed by atoms with E-state index < -0.39 is 10.0 Å². The molecule has 1 aromatic rings. The van der Waals surface area contributed by atoms with Crippen molar-refractivity contribution in [2.75, 3.05) is 6.54 Å². The zero-order valence-corrected chi connectivity index (χ0v) is 13.8. The van der Waals surface area contributed by atoms with Gasteiger partial charge in [-0.2, -0.15) is 0 Å². The van der Waals surface area contributed by atoms with Crippen LogP contribution in [0.3, 0.4) is 0 Å². The molecule has 6 nitrogen and oxygen atoms in total. The number of carbonyl (C=O) groups excluding carboxylic acids is 1. The molecule has 2 rings (SSSR count). The minimum absolute atomic E-state index is 0.00845. The maximum atomic E-state index is 12.5. The molecule has 1 saturated carbocycles. The van der Waals surface area contributed by atoms with Crippen LogP contribution in [0.4, 0.5) is 0 Å². The summed E-state index contributed by atoms with van der Waals surface area (Å²) in [7, 11) is -3.86. The van der Waals surface area contributed by atoms with E-state index in [9.17, 15) is 13.2 Å². The molecule has 0 radical (unpaired) electrons. The smallest absolute Gasteiger partial charge is 0.251 e. The van der Waals surface area contributed by atoms with Gasteiger partial charge in [-0.15, -0.1) is 0 Å². The summed E-state index contributed by atoms with van der Waals surface area (Å²) >= 11 is 0. The number of nitrogens with two attached hydrogens (primary N) is 2. The van der Waals surface area contributed by atoms with Gasteiger partial charge in [0.1, 0.15) is 0 Å². The molecule has 0 bridgehead atoms. The van der Waals surface area contributed by atoms with Crippen molar-refractivity contribution in [2.45, 2.75) is 50.0 Å². The second kappa shape index (κ2) is 5.98. The second-order valence-corrected chi connectivity index (χ2v) is 7.64. The Morgan fingerprint density at radius 1 is 1.27 bits per heavy atom. The van der Waals surface area contributed by atoms with E-state index in [1.54, 1.807) is 19.9 Å². The first-order valence-corrected chi connectivity index (χ1v) is 8.90. The Morgan fingerprint density at radius 3 is 2.36 bits per heavy atom. The zero-order valence-electron chi connectivity index (χ0n) is 13.0. The molecule has 0 atom stereocenters. The van der Waals surface area contributed by atoms with Crippen molar-refractivity contribution in [3.63, 3.8) is 0 Å². The van der Waals surface area contributed by atoms with Gasteiger partial charge < -0.3 is 11.1 Å². The van der Waals surface area contributed by atoms with Crippen LogP contribution in [-0.4, -0.2) is 26.4 Å². The minimum atomic E-state index is -3.86. The molecule has 0 spiro atoms. The molecule has 1 amide bonds. The summed E-state index contributed by atoms with van der Waals surface area (Å²) in [5.41, 5.74) is 7.01. The van der Waals surface area contributed by atoms with Crippen molar-refractivity contribution in [3.8, 4) is 0 Å². The lowest BCUT2D eigenvalue weighted by molar-refractivity contribution is 0.0903. The average molecular weight is 325 g/mol. The highest BCUT2D eigenvalue weighted by Crippen LogP contribution is 2.29. The number of amides is 1. The van der Waals surface area contributed by atoms with Crippen molar-refractivity contribution in [3.05, 3.63) is 28.8 Å². The Hall–Kier alpha value is -1.44. The van der Waals surface area contributed by atoms with E-state index in [-0.39, 0.29) is 16.3 Å². The van der Waals surface area contributed by atoms with Gasteiger partial charge in [-0.3, -0.25) is 4.79 Å². The standard InChI is InChI=1S/C15H23N3O3S/c1-10-7-12(8-13(11(10)2)22(17,20)21)14(19)18-15(9-16)5-3-4-6-15/h7-8H,3-6,9,16H2,1-2H3,(H,18,19)(H2,17,20,21). The molecule has 1 aliphatic carbocycles. The quantitative estimate of drug-likeness (QED) is 0.764. The van der Waals surface area contributed by atoms with Gasteiger partial charge in [0.25, 0.3) is 5.91 Å². The third-order valence-corrected chi connectivity index (χ3v) is 5.56. The number of hydrogen-bond donors (Lipinski definition) is 3. The molecule has 1 aromatic carbocycles. The summed E-state index contributed by atoms with van der Waals surface area (Å²) in [4.78, 5) is 12.5. The first-order chi connectivity index (χ1) is 10.2. The number of carbonyl (C=O) groups is 1. The van der Waals surface area contributed by atoms with E-state index in [0.717, 1.165) is 25.7 Å². The Kier molecular flexibility index (Phi) is 4.60. The number of aryl methyl sites for hydroxylation is 1. The lowest BCUT2D eigenvalue weighted by Gasteiger charge is -2.29. The van der Waals surface area contributed by atoms with Crippen LogP contribution < -0.4 is 16.2 Å². The molecule has 0 saturated heterocycles. The number of nitrogens with one attached hydrogen (secondary N) is 1. The molecule has 0 unspecified atom stereocenters. The SMILES string of the molecule is Cc1cc(C(=O)NC2(CN)CCCC2)cc(S(N)(=O)=O)c1C. The van der Waals surface area contributed by atoms with Gasteiger partial charge in [-0.05, 0) is 49.9 Å². The van der Waals surface area contributed by atoms with Gasteiger partial charge >= 0.3 is 0 Å². The number of sulfonamides is 1. The molecule has 7 heteroatoms. The summed E-state index contributed by atoms with van der Waals surface area (Å²) in [5.74, 6) is -0.305. The fourth-order valence-corrected chi connectivity index (χ4v) is 3.88. The van der Waals surface area contributed by atoms with Gasteiger partial charge in [0, 0.05) is 12.1 Å². The fourth-order valence-electron chi connectivity index (χ4n) is 3.00. The third-order valence-electron chi connectivity index (χ3n) is 4.52. The number of hydrogen-bond acceptors (Lipinski definition) is 4. The van der Waals surface area contributed by atoms with Crippen LogP contribution in [-0.2, 0) is 10.0 Å². The van der Waals surface area contributed by atoms with Crippen LogP contribution in [0.2, 0.25) is 0 Å². The van der Waals surface area contributed by atoms with E-state index in [0.29, 0.717) is 23.2 Å². The molecular formula is C15H23N3O3S. The largest absolute Gasteiger partial charge is 0.345 e. The maximum Gasteiger partial charge on any atom is 0.251 e. The highest BCUT2D eigenvalue weighted by molar-refractivity contribution is 7.89. The predicted octanol–water partition coefficient (Wildman–Crippen LogP) is 0.952. The Bertz CT molecular complexity index is 692. The van der Waals surface area contributed by atoms with E-state index in [2.05, 4.69) is 5.32 Å². The highest BCUT2D eigenvalue weighted by atomic mass is 32.2. The van der Waals surface area contributed by atoms with Crippen molar-refractivity contribution in [1.29, 1.82) is 0 Å². The number of primary sulfonamides is 1.